The Morgan fingerprint density at radius 1 is 1.32 bits per heavy atom. The summed E-state index contributed by atoms with van der Waals surface area (Å²) in [6.07, 6.45) is 1.44. The van der Waals surface area contributed by atoms with Gasteiger partial charge in [-0.05, 0) is 34.7 Å². The molecule has 0 saturated heterocycles. The first-order chi connectivity index (χ1) is 17.6. The lowest BCUT2D eigenvalue weighted by Gasteiger charge is -2.19. The Hall–Kier alpha value is -3.37. The Morgan fingerprint density at radius 2 is 2.11 bits per heavy atom. The van der Waals surface area contributed by atoms with Crippen molar-refractivity contribution in [1.82, 2.24) is 19.7 Å². The molecule has 4 N–H and O–H groups in total. The van der Waals surface area contributed by atoms with Gasteiger partial charge in [0.1, 0.15) is 29.8 Å². The van der Waals surface area contributed by atoms with Crippen molar-refractivity contribution >= 4 is 33.5 Å². The molecule has 16 heteroatoms. The maximum atomic E-state index is 13.4. The highest BCUT2D eigenvalue weighted by atomic mass is 35.5. The quantitative estimate of drug-likeness (QED) is 0.211. The second-order valence-corrected chi connectivity index (χ2v) is 9.97. The molecule has 1 aliphatic rings. The van der Waals surface area contributed by atoms with Crippen LogP contribution in [0.25, 0.3) is 0 Å². The number of carbonyl (C=O) groups excluding carboxylic acids is 1. The predicted molar refractivity (Wildman–Crippen MR) is 126 cm³/mol. The molecule has 0 bridgehead atoms. The van der Waals surface area contributed by atoms with Crippen LogP contribution in [-0.2, 0) is 21.0 Å². The predicted octanol–water partition coefficient (Wildman–Crippen LogP) is 1.56. The van der Waals surface area contributed by atoms with Gasteiger partial charge < -0.3 is 15.5 Å². The third-order valence-electron chi connectivity index (χ3n) is 5.83. The number of halogens is 2. The summed E-state index contributed by atoms with van der Waals surface area (Å²) >= 11 is 5.82. The average molecular weight is 554 g/mol. The minimum Gasteiger partial charge on any atom is -0.390 e. The number of nitrogens with zero attached hydrogens (tertiary/aromatic N) is 5. The zero-order valence-corrected chi connectivity index (χ0v) is 20.5. The first-order valence-corrected chi connectivity index (χ1v) is 12.5. The average Bonchev–Trinajstić information content (AvgIpc) is 3.45. The second-order valence-electron chi connectivity index (χ2n) is 8.29. The van der Waals surface area contributed by atoms with Crippen LogP contribution in [0.5, 0.6) is 0 Å². The fourth-order valence-electron chi connectivity index (χ4n) is 3.95. The Labute approximate surface area is 215 Å². The van der Waals surface area contributed by atoms with Crippen molar-refractivity contribution in [2.75, 3.05) is 11.9 Å². The molecular formula is C21H21ClFN7O6S. The summed E-state index contributed by atoms with van der Waals surface area (Å²) in [6, 6.07) is 4.93. The zero-order valence-electron chi connectivity index (χ0n) is 18.9. The summed E-state index contributed by atoms with van der Waals surface area (Å²) in [5, 5.41) is 27.9. The molecule has 0 unspecified atom stereocenters. The van der Waals surface area contributed by atoms with Crippen LogP contribution in [0.2, 0.25) is 5.02 Å². The molecule has 0 amide bonds. The monoisotopic (exact) mass is 553 g/mol. The summed E-state index contributed by atoms with van der Waals surface area (Å²) in [5.41, 5.74) is 7.39. The fourth-order valence-corrected chi connectivity index (χ4v) is 4.56. The lowest BCUT2D eigenvalue weighted by molar-refractivity contribution is 0.00775. The summed E-state index contributed by atoms with van der Waals surface area (Å²) in [4.78, 5) is 21.1. The molecular weight excluding hydrogens is 533 g/mol. The first-order valence-electron chi connectivity index (χ1n) is 10.8. The lowest BCUT2D eigenvalue weighted by Crippen LogP contribution is -2.36. The van der Waals surface area contributed by atoms with E-state index in [1.807, 2.05) is 0 Å². The molecule has 0 aliphatic heterocycles. The molecule has 2 heterocycles. The topological polar surface area (TPSA) is 193 Å². The van der Waals surface area contributed by atoms with Gasteiger partial charge in [-0.3, -0.25) is 13.7 Å². The van der Waals surface area contributed by atoms with Crippen LogP contribution in [0.15, 0.2) is 47.5 Å². The van der Waals surface area contributed by atoms with Crippen molar-refractivity contribution in [1.29, 1.82) is 5.53 Å². The molecule has 13 nitrogen and oxygen atoms in total. The Bertz CT molecular complexity index is 1420. The van der Waals surface area contributed by atoms with E-state index in [1.54, 1.807) is 12.3 Å². The van der Waals surface area contributed by atoms with E-state index in [1.165, 1.54) is 35.4 Å². The summed E-state index contributed by atoms with van der Waals surface area (Å²) in [6.45, 7) is -0.254. The number of hydrogen-bond donors (Lipinski definition) is 4. The van der Waals surface area contributed by atoms with Crippen molar-refractivity contribution < 1.29 is 32.0 Å². The lowest BCUT2D eigenvalue weighted by atomic mass is 10.1. The van der Waals surface area contributed by atoms with Crippen molar-refractivity contribution in [2.24, 2.45) is 10.4 Å². The smallest absolute Gasteiger partial charge is 0.390 e. The van der Waals surface area contributed by atoms with E-state index in [2.05, 4.69) is 29.1 Å². The number of carbonyl (C=O) groups is 1. The van der Waals surface area contributed by atoms with Crippen molar-refractivity contribution in [3.63, 3.8) is 0 Å². The fraction of sp³-hybridized carbons (Fsp3) is 0.333. The minimum atomic E-state index is -4.41. The molecule has 0 radical (unpaired) electrons. The molecule has 1 saturated carbocycles. The number of nitrogens with one attached hydrogen (secondary N) is 2. The summed E-state index contributed by atoms with van der Waals surface area (Å²) in [7, 11) is -4.41. The Morgan fingerprint density at radius 3 is 2.84 bits per heavy atom. The maximum absolute atomic E-state index is 13.4. The van der Waals surface area contributed by atoms with Gasteiger partial charge in [-0.15, -0.1) is 0 Å². The standard InChI is InChI=1S/C21H21ClFN7O6S/c22-14-5-11(1-2-15(14)23)8-30-4-3-16(28-30)19(32)13-7-25-10-26-21(13)27-17-6-12(18(31)20(17)33)9-36-37(34,35)29-24/h1-5,7,10,12,17-18,20,24,31,33H,6,8-9H2,(H,25,26,27)/t12-,17-,18-,20+/m1/s1. The minimum absolute atomic E-state index is 0.0286. The molecule has 4 atom stereocenters. The molecule has 1 fully saturated rings. The SMILES string of the molecule is N=NS(=O)(=O)OC[C@H]1C[C@@H](Nc2ncncc2C(=O)c2ccn(Cc3ccc(F)c(Cl)c3)n2)[C@H](O)[C@@H]1O. The van der Waals surface area contributed by atoms with Gasteiger partial charge in [0.05, 0.1) is 35.9 Å². The van der Waals surface area contributed by atoms with Gasteiger partial charge in [-0.1, -0.05) is 17.7 Å². The number of aromatic nitrogens is 4. The van der Waals surface area contributed by atoms with E-state index in [-0.39, 0.29) is 35.1 Å². The maximum Gasteiger partial charge on any atom is 0.398 e. The third-order valence-corrected chi connectivity index (χ3v) is 6.77. The number of rotatable bonds is 10. The highest BCUT2D eigenvalue weighted by Crippen LogP contribution is 2.30. The highest BCUT2D eigenvalue weighted by Gasteiger charge is 2.42. The summed E-state index contributed by atoms with van der Waals surface area (Å²) in [5.74, 6) is -1.78. The first kappa shape index (κ1) is 26.7. The van der Waals surface area contributed by atoms with Crippen molar-refractivity contribution in [3.05, 3.63) is 70.6 Å². The normalized spacial score (nSPS) is 21.6. The van der Waals surface area contributed by atoms with Crippen LogP contribution >= 0.6 is 11.6 Å². The van der Waals surface area contributed by atoms with E-state index < -0.39 is 52.7 Å². The van der Waals surface area contributed by atoms with Crippen LogP contribution < -0.4 is 5.32 Å². The van der Waals surface area contributed by atoms with Crippen LogP contribution in [0.1, 0.15) is 28.0 Å². The van der Waals surface area contributed by atoms with Crippen LogP contribution in [0.3, 0.4) is 0 Å². The molecule has 1 aromatic carbocycles. The third kappa shape index (κ3) is 6.14. The number of ketones is 1. The van der Waals surface area contributed by atoms with Gasteiger partial charge in [0.15, 0.2) is 0 Å². The number of aliphatic hydroxyl groups excluding tert-OH is 2. The largest absolute Gasteiger partial charge is 0.398 e. The second kappa shape index (κ2) is 10.9. The Kier molecular flexibility index (Phi) is 7.89. The number of hydrogen-bond acceptors (Lipinski definition) is 11. The molecule has 37 heavy (non-hydrogen) atoms. The van der Waals surface area contributed by atoms with Gasteiger partial charge in [0, 0.05) is 18.3 Å². The van der Waals surface area contributed by atoms with E-state index >= 15 is 0 Å². The van der Waals surface area contributed by atoms with Crippen LogP contribution in [0, 0.1) is 17.3 Å². The Balaban J connectivity index is 1.47. The van der Waals surface area contributed by atoms with E-state index in [9.17, 15) is 27.8 Å². The van der Waals surface area contributed by atoms with Gasteiger partial charge in [0.2, 0.25) is 5.78 Å². The van der Waals surface area contributed by atoms with Crippen LogP contribution in [-0.4, -0.2) is 69.0 Å². The number of anilines is 1. The van der Waals surface area contributed by atoms with E-state index in [4.69, 9.17) is 17.1 Å². The van der Waals surface area contributed by atoms with Gasteiger partial charge in [-0.25, -0.2) is 14.4 Å². The molecule has 4 rings (SSSR count). The number of aliphatic hydroxyl groups is 2. The van der Waals surface area contributed by atoms with Crippen molar-refractivity contribution in [2.45, 2.75) is 31.2 Å². The highest BCUT2D eigenvalue weighted by molar-refractivity contribution is 7.85. The summed E-state index contributed by atoms with van der Waals surface area (Å²) < 4.78 is 44.4. The molecule has 2 aromatic heterocycles. The van der Waals surface area contributed by atoms with Crippen LogP contribution in [0.4, 0.5) is 10.2 Å². The van der Waals surface area contributed by atoms with Crippen molar-refractivity contribution in [3.8, 4) is 0 Å². The molecule has 196 valence electrons. The van der Waals surface area contributed by atoms with Gasteiger partial charge >= 0.3 is 10.3 Å². The molecule has 3 aromatic rings. The van der Waals surface area contributed by atoms with E-state index in [0.29, 0.717) is 5.56 Å². The number of benzene rings is 1. The molecule has 0 spiro atoms. The van der Waals surface area contributed by atoms with E-state index in [0.717, 1.165) is 0 Å². The zero-order chi connectivity index (χ0) is 26.7. The van der Waals surface area contributed by atoms with Gasteiger partial charge in [0.25, 0.3) is 0 Å². The van der Waals surface area contributed by atoms with Gasteiger partial charge in [-0.2, -0.15) is 19.0 Å². The molecule has 1 aliphatic carbocycles.